The molecular weight excluding hydrogens is 430 g/mol. The van der Waals surface area contributed by atoms with E-state index < -0.39 is 21.7 Å². The molecule has 3 aromatic carbocycles. The van der Waals surface area contributed by atoms with Gasteiger partial charge in [-0.05, 0) is 50.2 Å². The van der Waals surface area contributed by atoms with Crippen molar-refractivity contribution in [2.75, 3.05) is 18.0 Å². The minimum absolute atomic E-state index is 0.303. The largest absolute Gasteiger partial charge is 0.456 e. The van der Waals surface area contributed by atoms with Crippen LogP contribution in [0, 0.1) is 0 Å². The number of nitrogens with zero attached hydrogens (tertiary/aromatic N) is 1. The molecule has 164 valence electrons. The van der Waals surface area contributed by atoms with Crippen LogP contribution >= 0.6 is 0 Å². The predicted octanol–water partition coefficient (Wildman–Crippen LogP) is 4.35. The lowest BCUT2D eigenvalue weighted by Crippen LogP contribution is -2.33. The van der Waals surface area contributed by atoms with Crippen molar-refractivity contribution in [3.05, 3.63) is 82.9 Å². The van der Waals surface area contributed by atoms with Crippen LogP contribution in [0.3, 0.4) is 0 Å². The summed E-state index contributed by atoms with van der Waals surface area (Å²) < 4.78 is 45.6. The lowest BCUT2D eigenvalue weighted by Gasteiger charge is -2.37. The third kappa shape index (κ3) is 2.83. The van der Waals surface area contributed by atoms with Gasteiger partial charge in [0.2, 0.25) is 0 Å². The second kappa shape index (κ2) is 7.08. The lowest BCUT2D eigenvalue weighted by molar-refractivity contribution is 0.0224. The first kappa shape index (κ1) is 20.5. The number of anilines is 1. The van der Waals surface area contributed by atoms with Crippen molar-refractivity contribution in [3.8, 4) is 11.5 Å². The molecule has 0 aliphatic carbocycles. The number of rotatable bonds is 4. The van der Waals surface area contributed by atoms with E-state index in [9.17, 15) is 17.8 Å². The van der Waals surface area contributed by atoms with Gasteiger partial charge in [-0.2, -0.15) is 8.42 Å². The summed E-state index contributed by atoms with van der Waals surface area (Å²) in [4.78, 5) is 14.7. The summed E-state index contributed by atoms with van der Waals surface area (Å²) in [6.07, 6.45) is 0. The number of carbonyl (C=O) groups is 1. The second-order valence-corrected chi connectivity index (χ2v) is 9.13. The molecule has 0 bridgehead atoms. The Kier molecular flexibility index (Phi) is 4.54. The van der Waals surface area contributed by atoms with E-state index in [0.29, 0.717) is 33.8 Å². The number of carbonyl (C=O) groups excluding carboxylic acids is 1. The fraction of sp³-hybridized carbons (Fsp3) is 0.208. The van der Waals surface area contributed by atoms with Crippen molar-refractivity contribution in [2.45, 2.75) is 24.3 Å². The highest BCUT2D eigenvalue weighted by molar-refractivity contribution is 7.85. The van der Waals surface area contributed by atoms with Crippen molar-refractivity contribution in [2.24, 2.45) is 0 Å². The van der Waals surface area contributed by atoms with E-state index in [1.165, 1.54) is 18.2 Å². The second-order valence-electron chi connectivity index (χ2n) is 7.70. The molecule has 0 fully saturated rings. The quantitative estimate of drug-likeness (QED) is 0.466. The van der Waals surface area contributed by atoms with Crippen molar-refractivity contribution in [3.63, 3.8) is 0 Å². The Hall–Kier alpha value is -3.36. The molecule has 7 nitrogen and oxygen atoms in total. The van der Waals surface area contributed by atoms with Gasteiger partial charge in [0.1, 0.15) is 11.5 Å². The highest BCUT2D eigenvalue weighted by Gasteiger charge is 2.53. The van der Waals surface area contributed by atoms with Gasteiger partial charge in [0.05, 0.1) is 10.5 Å². The first-order valence-electron chi connectivity index (χ1n) is 10.3. The molecule has 1 N–H and O–H groups in total. The molecule has 8 heteroatoms. The first-order chi connectivity index (χ1) is 15.3. The molecule has 32 heavy (non-hydrogen) atoms. The van der Waals surface area contributed by atoms with Crippen molar-refractivity contribution >= 4 is 21.8 Å². The zero-order chi connectivity index (χ0) is 22.7. The monoisotopic (exact) mass is 451 g/mol. The molecule has 0 radical (unpaired) electrons. The predicted molar refractivity (Wildman–Crippen MR) is 118 cm³/mol. The minimum atomic E-state index is -4.48. The molecule has 3 aromatic rings. The van der Waals surface area contributed by atoms with E-state index in [1.807, 2.05) is 18.2 Å². The molecular formula is C24H21NO6S. The summed E-state index contributed by atoms with van der Waals surface area (Å²) in [5.74, 6) is 0.363. The SMILES string of the molecule is CCN(CC)c1ccc2c(c1)Oc1ccc(S(=O)(=O)O)cc1C21OC(=O)c2ccccc21. The zero-order valence-corrected chi connectivity index (χ0v) is 18.3. The van der Waals surface area contributed by atoms with Crippen LogP contribution in [-0.2, 0) is 20.5 Å². The molecule has 0 amide bonds. The normalized spacial score (nSPS) is 18.4. The van der Waals surface area contributed by atoms with Crippen LogP contribution in [0.25, 0.3) is 0 Å². The van der Waals surface area contributed by atoms with Gasteiger partial charge in [-0.25, -0.2) is 4.79 Å². The van der Waals surface area contributed by atoms with Gasteiger partial charge in [0.15, 0.2) is 5.60 Å². The first-order valence-corrected chi connectivity index (χ1v) is 11.8. The highest BCUT2D eigenvalue weighted by atomic mass is 32.2. The molecule has 0 aromatic heterocycles. The van der Waals surface area contributed by atoms with E-state index in [-0.39, 0.29) is 4.90 Å². The molecule has 1 unspecified atom stereocenters. The van der Waals surface area contributed by atoms with Gasteiger partial charge in [-0.15, -0.1) is 0 Å². The third-order valence-corrected chi connectivity index (χ3v) is 6.94. The number of hydrogen-bond acceptors (Lipinski definition) is 6. The molecule has 1 atom stereocenters. The van der Waals surface area contributed by atoms with Crippen molar-refractivity contribution in [1.82, 2.24) is 0 Å². The molecule has 5 rings (SSSR count). The van der Waals surface area contributed by atoms with Crippen LogP contribution in [0.5, 0.6) is 11.5 Å². The number of ether oxygens (including phenoxy) is 2. The van der Waals surface area contributed by atoms with E-state index in [0.717, 1.165) is 18.8 Å². The van der Waals surface area contributed by atoms with E-state index in [2.05, 4.69) is 18.7 Å². The Balaban J connectivity index is 1.83. The van der Waals surface area contributed by atoms with Gasteiger partial charge >= 0.3 is 5.97 Å². The average Bonchev–Trinajstić information content (AvgIpc) is 3.07. The van der Waals surface area contributed by atoms with Crippen LogP contribution in [0.2, 0.25) is 0 Å². The Morgan fingerprint density at radius 3 is 2.38 bits per heavy atom. The van der Waals surface area contributed by atoms with Crippen LogP contribution in [0.4, 0.5) is 5.69 Å². The van der Waals surface area contributed by atoms with Crippen LogP contribution in [-0.4, -0.2) is 32.0 Å². The van der Waals surface area contributed by atoms with Crippen molar-refractivity contribution < 1.29 is 27.2 Å². The lowest BCUT2D eigenvalue weighted by atomic mass is 9.77. The van der Waals surface area contributed by atoms with Gasteiger partial charge in [-0.3, -0.25) is 4.55 Å². The summed E-state index contributed by atoms with van der Waals surface area (Å²) in [6.45, 7) is 5.75. The highest BCUT2D eigenvalue weighted by Crippen LogP contribution is 2.56. The summed E-state index contributed by atoms with van der Waals surface area (Å²) in [5, 5.41) is 0. The smallest absolute Gasteiger partial charge is 0.340 e. The van der Waals surface area contributed by atoms with Crippen LogP contribution in [0.15, 0.2) is 65.6 Å². The van der Waals surface area contributed by atoms with E-state index in [4.69, 9.17) is 9.47 Å². The summed E-state index contributed by atoms with van der Waals surface area (Å²) in [7, 11) is -4.48. The number of benzene rings is 3. The minimum Gasteiger partial charge on any atom is -0.456 e. The van der Waals surface area contributed by atoms with E-state index >= 15 is 0 Å². The molecule has 0 saturated carbocycles. The Bertz CT molecular complexity index is 1360. The Morgan fingerprint density at radius 2 is 1.66 bits per heavy atom. The Morgan fingerprint density at radius 1 is 0.906 bits per heavy atom. The molecule has 2 heterocycles. The molecule has 0 saturated heterocycles. The van der Waals surface area contributed by atoms with E-state index in [1.54, 1.807) is 24.3 Å². The average molecular weight is 452 g/mol. The third-order valence-electron chi connectivity index (χ3n) is 6.09. The number of hydrogen-bond donors (Lipinski definition) is 1. The fourth-order valence-electron chi connectivity index (χ4n) is 4.59. The maximum atomic E-state index is 12.9. The molecule has 2 aliphatic heterocycles. The molecule has 1 spiro atoms. The maximum absolute atomic E-state index is 12.9. The summed E-state index contributed by atoms with van der Waals surface area (Å²) in [6, 6.07) is 16.7. The maximum Gasteiger partial charge on any atom is 0.340 e. The summed E-state index contributed by atoms with van der Waals surface area (Å²) >= 11 is 0. The molecule has 2 aliphatic rings. The number of fused-ring (bicyclic) bond motifs is 6. The van der Waals surface area contributed by atoms with Crippen LogP contribution in [0.1, 0.15) is 40.9 Å². The standard InChI is InChI=1S/C24H21NO6S/c1-3-25(4-2)15-9-11-19-22(13-15)30-21-12-10-16(32(27,28)29)14-20(21)24(19)18-8-6-5-7-17(18)23(26)31-24/h5-14H,3-4H2,1-2H3,(H,27,28,29). The number of esters is 1. The zero-order valence-electron chi connectivity index (χ0n) is 17.5. The van der Waals surface area contributed by atoms with Gasteiger partial charge < -0.3 is 14.4 Å². The fourth-order valence-corrected chi connectivity index (χ4v) is 5.09. The van der Waals surface area contributed by atoms with Gasteiger partial charge in [0.25, 0.3) is 10.1 Å². The topological polar surface area (TPSA) is 93.1 Å². The van der Waals surface area contributed by atoms with Crippen LogP contribution < -0.4 is 9.64 Å². The summed E-state index contributed by atoms with van der Waals surface area (Å²) in [5.41, 5.74) is 1.49. The van der Waals surface area contributed by atoms with Gasteiger partial charge in [0, 0.05) is 41.5 Å². The Labute approximate surface area is 186 Å². The van der Waals surface area contributed by atoms with Crippen molar-refractivity contribution in [1.29, 1.82) is 0 Å². The van der Waals surface area contributed by atoms with Gasteiger partial charge in [-0.1, -0.05) is 18.2 Å².